The van der Waals surface area contributed by atoms with Crippen molar-refractivity contribution in [1.29, 1.82) is 0 Å². The van der Waals surface area contributed by atoms with Crippen LogP contribution >= 0.6 is 34.8 Å². The fourth-order valence-electron chi connectivity index (χ4n) is 3.86. The van der Waals surface area contributed by atoms with Crippen molar-refractivity contribution in [2.45, 2.75) is 57.6 Å². The largest absolute Gasteiger partial charge is 0.352 e. The Morgan fingerprint density at radius 1 is 0.900 bits per heavy atom. The zero-order valence-electron chi connectivity index (χ0n) is 22.7. The molecule has 0 saturated carbocycles. The summed E-state index contributed by atoms with van der Waals surface area (Å²) in [6.45, 7) is 6.64. The van der Waals surface area contributed by atoms with Crippen LogP contribution in [-0.2, 0) is 26.2 Å². The summed E-state index contributed by atoms with van der Waals surface area (Å²) in [7, 11) is -4.17. The zero-order valence-corrected chi connectivity index (χ0v) is 25.8. The van der Waals surface area contributed by atoms with Crippen LogP contribution in [0.25, 0.3) is 0 Å². The van der Waals surface area contributed by atoms with E-state index in [1.54, 1.807) is 49.4 Å². The van der Waals surface area contributed by atoms with Crippen molar-refractivity contribution in [3.63, 3.8) is 0 Å². The summed E-state index contributed by atoms with van der Waals surface area (Å²) in [5, 5.41) is 4.05. The minimum absolute atomic E-state index is 0.0238. The molecule has 3 aromatic rings. The summed E-state index contributed by atoms with van der Waals surface area (Å²) >= 11 is 18.5. The number of carbonyl (C=O) groups is 2. The van der Waals surface area contributed by atoms with E-state index in [0.29, 0.717) is 27.1 Å². The molecule has 3 aromatic carbocycles. The summed E-state index contributed by atoms with van der Waals surface area (Å²) < 4.78 is 28.7. The van der Waals surface area contributed by atoms with Crippen molar-refractivity contribution in [3.05, 3.63) is 92.9 Å². The molecule has 0 bridgehead atoms. The molecule has 3 rings (SSSR count). The molecular formula is C29H32Cl3N3O4S. The molecule has 0 aliphatic rings. The number of aryl methyl sites for hydroxylation is 1. The van der Waals surface area contributed by atoms with Crippen molar-refractivity contribution >= 4 is 62.3 Å². The van der Waals surface area contributed by atoms with Gasteiger partial charge in [-0.1, -0.05) is 65.5 Å². The van der Waals surface area contributed by atoms with Crippen molar-refractivity contribution in [2.24, 2.45) is 0 Å². The molecule has 2 atom stereocenters. The number of nitrogens with one attached hydrogen (secondary N) is 1. The van der Waals surface area contributed by atoms with Gasteiger partial charge in [-0.25, -0.2) is 8.42 Å². The Bertz CT molecular complexity index is 1450. The van der Waals surface area contributed by atoms with Gasteiger partial charge in [-0.05, 0) is 81.3 Å². The summed E-state index contributed by atoms with van der Waals surface area (Å²) in [5.74, 6) is -0.962. The fraction of sp³-hybridized carbons (Fsp3) is 0.310. The lowest BCUT2D eigenvalue weighted by atomic mass is 10.1. The van der Waals surface area contributed by atoms with Gasteiger partial charge in [-0.2, -0.15) is 0 Å². The van der Waals surface area contributed by atoms with Gasteiger partial charge in [0.1, 0.15) is 12.6 Å². The maximum absolute atomic E-state index is 14.0. The van der Waals surface area contributed by atoms with E-state index in [4.69, 9.17) is 34.8 Å². The number of amides is 2. The first-order valence-electron chi connectivity index (χ1n) is 12.7. The first kappa shape index (κ1) is 31.7. The first-order valence-corrected chi connectivity index (χ1v) is 15.3. The highest BCUT2D eigenvalue weighted by atomic mass is 35.5. The van der Waals surface area contributed by atoms with Gasteiger partial charge in [-0.3, -0.25) is 13.9 Å². The van der Waals surface area contributed by atoms with Crippen molar-refractivity contribution in [1.82, 2.24) is 10.2 Å². The van der Waals surface area contributed by atoms with E-state index >= 15 is 0 Å². The highest BCUT2D eigenvalue weighted by molar-refractivity contribution is 7.92. The lowest BCUT2D eigenvalue weighted by Gasteiger charge is -2.32. The maximum Gasteiger partial charge on any atom is 0.264 e. The Morgan fingerprint density at radius 3 is 2.08 bits per heavy atom. The van der Waals surface area contributed by atoms with Crippen LogP contribution in [0.4, 0.5) is 5.69 Å². The third kappa shape index (κ3) is 7.91. The number of halogens is 3. The monoisotopic (exact) mass is 623 g/mol. The van der Waals surface area contributed by atoms with Gasteiger partial charge in [0.25, 0.3) is 10.0 Å². The number of rotatable bonds is 11. The lowest BCUT2D eigenvalue weighted by molar-refractivity contribution is -0.139. The van der Waals surface area contributed by atoms with Crippen LogP contribution in [0.3, 0.4) is 0 Å². The average Bonchev–Trinajstić information content (AvgIpc) is 2.91. The average molecular weight is 625 g/mol. The molecule has 0 aromatic heterocycles. The maximum atomic E-state index is 14.0. The summed E-state index contributed by atoms with van der Waals surface area (Å²) in [5.41, 5.74) is 1.70. The second kappa shape index (κ2) is 13.7. The van der Waals surface area contributed by atoms with Crippen molar-refractivity contribution < 1.29 is 18.0 Å². The van der Waals surface area contributed by atoms with Crippen LogP contribution in [0.2, 0.25) is 15.1 Å². The molecule has 0 aliphatic heterocycles. The topological polar surface area (TPSA) is 86.8 Å². The second-order valence-corrected chi connectivity index (χ2v) is 12.7. The molecule has 0 heterocycles. The number of nitrogens with zero attached hydrogens (tertiary/aromatic N) is 2. The van der Waals surface area contributed by atoms with Gasteiger partial charge in [-0.15, -0.1) is 0 Å². The number of hydrogen-bond acceptors (Lipinski definition) is 4. The lowest BCUT2D eigenvalue weighted by Crippen LogP contribution is -2.52. The molecule has 0 aliphatic carbocycles. The Hall–Kier alpha value is -2.78. The predicted octanol–water partition coefficient (Wildman–Crippen LogP) is 6.48. The quantitative estimate of drug-likeness (QED) is 0.265. The molecule has 11 heteroatoms. The molecule has 2 amide bonds. The van der Waals surface area contributed by atoms with E-state index in [1.807, 2.05) is 20.8 Å². The zero-order chi connectivity index (χ0) is 29.6. The van der Waals surface area contributed by atoms with Crippen LogP contribution < -0.4 is 9.62 Å². The number of anilines is 1. The van der Waals surface area contributed by atoms with Crippen molar-refractivity contribution in [3.8, 4) is 0 Å². The third-order valence-electron chi connectivity index (χ3n) is 6.53. The molecule has 0 saturated heterocycles. The van der Waals surface area contributed by atoms with Gasteiger partial charge < -0.3 is 10.2 Å². The SMILES string of the molecule is CC[C@H](C)NC(=O)[C@H](C)N(Cc1ccc(Cl)cc1Cl)C(=O)CN(c1ccc(Cl)cc1)S(=O)(=O)c1ccc(C)cc1. The smallest absolute Gasteiger partial charge is 0.264 e. The Kier molecular flexibility index (Phi) is 10.9. The van der Waals surface area contributed by atoms with Crippen molar-refractivity contribution in [2.75, 3.05) is 10.8 Å². The number of sulfonamides is 1. The minimum atomic E-state index is -4.17. The number of benzene rings is 3. The molecule has 40 heavy (non-hydrogen) atoms. The van der Waals surface area contributed by atoms with E-state index in [0.717, 1.165) is 9.87 Å². The third-order valence-corrected chi connectivity index (χ3v) is 9.15. The van der Waals surface area contributed by atoms with E-state index in [2.05, 4.69) is 5.32 Å². The number of carbonyl (C=O) groups excluding carboxylic acids is 2. The fourth-order valence-corrected chi connectivity index (χ4v) is 5.86. The minimum Gasteiger partial charge on any atom is -0.352 e. The molecule has 1 N–H and O–H groups in total. The van der Waals surface area contributed by atoms with E-state index < -0.39 is 28.5 Å². The summed E-state index contributed by atoms with van der Waals surface area (Å²) in [6.07, 6.45) is 0.703. The van der Waals surface area contributed by atoms with Gasteiger partial charge in [0, 0.05) is 27.7 Å². The summed E-state index contributed by atoms with van der Waals surface area (Å²) in [4.78, 5) is 28.4. The van der Waals surface area contributed by atoms with Gasteiger partial charge in [0.15, 0.2) is 0 Å². The first-order chi connectivity index (χ1) is 18.8. The van der Waals surface area contributed by atoms with E-state index in [-0.39, 0.29) is 29.1 Å². The highest BCUT2D eigenvalue weighted by Gasteiger charge is 2.33. The van der Waals surface area contributed by atoms with Crippen LogP contribution in [0.15, 0.2) is 71.6 Å². The second-order valence-electron chi connectivity index (χ2n) is 9.55. The highest BCUT2D eigenvalue weighted by Crippen LogP contribution is 2.27. The van der Waals surface area contributed by atoms with E-state index in [9.17, 15) is 18.0 Å². The normalized spacial score (nSPS) is 12.9. The Balaban J connectivity index is 2.04. The van der Waals surface area contributed by atoms with Gasteiger partial charge >= 0.3 is 0 Å². The number of hydrogen-bond donors (Lipinski definition) is 1. The van der Waals surface area contributed by atoms with Gasteiger partial charge in [0.05, 0.1) is 10.6 Å². The molecule has 0 fully saturated rings. The van der Waals surface area contributed by atoms with Crippen LogP contribution in [0.5, 0.6) is 0 Å². The molecule has 0 spiro atoms. The summed E-state index contributed by atoms with van der Waals surface area (Å²) in [6, 6.07) is 16.3. The molecule has 7 nitrogen and oxygen atoms in total. The molecule has 214 valence electrons. The molecule has 0 radical (unpaired) electrons. The van der Waals surface area contributed by atoms with Crippen LogP contribution in [-0.4, -0.2) is 43.8 Å². The van der Waals surface area contributed by atoms with Crippen LogP contribution in [0, 0.1) is 6.92 Å². The molecule has 0 unspecified atom stereocenters. The standard InChI is InChI=1S/C29H32Cl3N3O4S/c1-5-20(3)33-29(37)21(4)34(17-22-8-9-24(31)16-27(22)32)28(36)18-35(25-12-10-23(30)11-13-25)40(38,39)26-14-6-19(2)7-15-26/h6-16,20-21H,5,17-18H2,1-4H3,(H,33,37)/t20-,21-/m0/s1. The van der Waals surface area contributed by atoms with Crippen LogP contribution in [0.1, 0.15) is 38.3 Å². The predicted molar refractivity (Wildman–Crippen MR) is 162 cm³/mol. The molecular weight excluding hydrogens is 593 g/mol. The Morgan fingerprint density at radius 2 is 1.50 bits per heavy atom. The van der Waals surface area contributed by atoms with Gasteiger partial charge in [0.2, 0.25) is 11.8 Å². The Labute approximate surface area is 251 Å². The van der Waals surface area contributed by atoms with E-state index in [1.165, 1.54) is 29.2 Å².